The van der Waals surface area contributed by atoms with Crippen LogP contribution in [0.3, 0.4) is 0 Å². The first kappa shape index (κ1) is 6.85. The van der Waals surface area contributed by atoms with Gasteiger partial charge in [-0.15, -0.1) is 0 Å². The minimum absolute atomic E-state index is 0.170. The van der Waals surface area contributed by atoms with Gasteiger partial charge in [0, 0.05) is 6.20 Å². The first-order chi connectivity index (χ1) is 5.29. The van der Waals surface area contributed by atoms with Gasteiger partial charge in [0.25, 0.3) is 5.56 Å². The van der Waals surface area contributed by atoms with Crippen molar-refractivity contribution in [2.24, 2.45) is 0 Å². The van der Waals surface area contributed by atoms with Crippen molar-refractivity contribution in [2.75, 3.05) is 0 Å². The highest BCUT2D eigenvalue weighted by Crippen LogP contribution is 2.32. The molecule has 1 aromatic heterocycles. The van der Waals surface area contributed by atoms with E-state index in [2.05, 4.69) is 5.10 Å². The van der Waals surface area contributed by atoms with Gasteiger partial charge in [0.1, 0.15) is 5.02 Å². The maximum Gasteiger partial charge on any atom is 0.285 e. The highest BCUT2D eigenvalue weighted by Gasteiger charge is 2.25. The topological polar surface area (TPSA) is 34.9 Å². The van der Waals surface area contributed by atoms with Crippen LogP contribution in [0.4, 0.5) is 0 Å². The number of hydrogen-bond acceptors (Lipinski definition) is 2. The highest BCUT2D eigenvalue weighted by atomic mass is 35.5. The Morgan fingerprint density at radius 2 is 2.36 bits per heavy atom. The van der Waals surface area contributed by atoms with Gasteiger partial charge in [0.05, 0.1) is 6.04 Å². The normalized spacial score (nSPS) is 16.8. The summed E-state index contributed by atoms with van der Waals surface area (Å²) in [4.78, 5) is 11.2. The number of rotatable bonds is 1. The maximum absolute atomic E-state index is 11.2. The van der Waals surface area contributed by atoms with Gasteiger partial charge in [-0.3, -0.25) is 4.79 Å². The van der Waals surface area contributed by atoms with Gasteiger partial charge < -0.3 is 0 Å². The summed E-state index contributed by atoms with van der Waals surface area (Å²) in [6, 6.07) is 1.82. The Bertz CT molecular complexity index is 329. The lowest BCUT2D eigenvalue weighted by Crippen LogP contribution is -2.21. The van der Waals surface area contributed by atoms with Gasteiger partial charge in [0.2, 0.25) is 0 Å². The molecule has 0 bridgehead atoms. The number of aromatic nitrogens is 2. The predicted octanol–water partition coefficient (Wildman–Crippen LogP) is 1.23. The summed E-state index contributed by atoms with van der Waals surface area (Å²) < 4.78 is 1.46. The third kappa shape index (κ3) is 1.16. The molecule has 1 aliphatic carbocycles. The monoisotopic (exact) mass is 170 g/mol. The second kappa shape index (κ2) is 2.34. The van der Waals surface area contributed by atoms with Crippen molar-refractivity contribution in [2.45, 2.75) is 18.9 Å². The molecule has 1 saturated carbocycles. The molecule has 3 nitrogen and oxygen atoms in total. The summed E-state index contributed by atoms with van der Waals surface area (Å²) in [5.41, 5.74) is -0.170. The Hall–Kier alpha value is -0.830. The number of hydrogen-bond donors (Lipinski definition) is 0. The summed E-state index contributed by atoms with van der Waals surface area (Å²) in [6.45, 7) is 0. The van der Waals surface area contributed by atoms with E-state index in [0.717, 1.165) is 12.8 Å². The van der Waals surface area contributed by atoms with E-state index in [-0.39, 0.29) is 10.6 Å². The van der Waals surface area contributed by atoms with Crippen molar-refractivity contribution in [1.29, 1.82) is 0 Å². The van der Waals surface area contributed by atoms with Crippen LogP contribution in [0.15, 0.2) is 17.1 Å². The number of nitrogens with zero attached hydrogens (tertiary/aromatic N) is 2. The van der Waals surface area contributed by atoms with Crippen LogP contribution < -0.4 is 5.56 Å². The molecule has 0 atom stereocenters. The van der Waals surface area contributed by atoms with Crippen molar-refractivity contribution in [3.63, 3.8) is 0 Å². The van der Waals surface area contributed by atoms with Gasteiger partial charge in [-0.1, -0.05) is 11.6 Å². The van der Waals surface area contributed by atoms with Crippen LogP contribution in [-0.2, 0) is 0 Å². The molecule has 0 N–H and O–H groups in total. The van der Waals surface area contributed by atoms with Gasteiger partial charge in [0.15, 0.2) is 0 Å². The summed E-state index contributed by atoms with van der Waals surface area (Å²) in [6.07, 6.45) is 3.66. The van der Waals surface area contributed by atoms with Crippen LogP contribution in [0.1, 0.15) is 18.9 Å². The van der Waals surface area contributed by atoms with Gasteiger partial charge in [-0.05, 0) is 18.9 Å². The molecule has 2 rings (SSSR count). The standard InChI is InChI=1S/C7H7ClN2O/c8-6-3-4-9-10(7(6)11)5-1-2-5/h3-5H,1-2H2. The van der Waals surface area contributed by atoms with Crippen LogP contribution in [0.2, 0.25) is 5.02 Å². The zero-order chi connectivity index (χ0) is 7.84. The van der Waals surface area contributed by atoms with Crippen LogP contribution in [0.25, 0.3) is 0 Å². The van der Waals surface area contributed by atoms with E-state index in [0.29, 0.717) is 6.04 Å². The fourth-order valence-electron chi connectivity index (χ4n) is 0.983. The second-order valence-electron chi connectivity index (χ2n) is 2.66. The first-order valence-electron chi connectivity index (χ1n) is 3.52. The molecular formula is C7H7ClN2O. The van der Waals surface area contributed by atoms with Gasteiger partial charge >= 0.3 is 0 Å². The summed E-state index contributed by atoms with van der Waals surface area (Å²) in [7, 11) is 0. The lowest BCUT2D eigenvalue weighted by atomic mass is 10.5. The molecule has 1 fully saturated rings. The minimum atomic E-state index is -0.170. The molecule has 0 saturated heterocycles. The third-order valence-corrected chi connectivity index (χ3v) is 2.00. The largest absolute Gasteiger partial charge is 0.285 e. The summed E-state index contributed by atoms with van der Waals surface area (Å²) in [5, 5.41) is 4.18. The molecule has 0 aliphatic heterocycles. The quantitative estimate of drug-likeness (QED) is 0.636. The van der Waals surface area contributed by atoms with E-state index in [9.17, 15) is 4.79 Å². The second-order valence-corrected chi connectivity index (χ2v) is 3.07. The molecule has 1 heterocycles. The SMILES string of the molecule is O=c1c(Cl)ccnn1C1CC1. The van der Waals surface area contributed by atoms with E-state index >= 15 is 0 Å². The average Bonchev–Trinajstić information content (AvgIpc) is 2.77. The van der Waals surface area contributed by atoms with Crippen molar-refractivity contribution < 1.29 is 0 Å². The average molecular weight is 171 g/mol. The molecule has 0 spiro atoms. The Morgan fingerprint density at radius 1 is 1.64 bits per heavy atom. The van der Waals surface area contributed by atoms with E-state index < -0.39 is 0 Å². The van der Waals surface area contributed by atoms with Crippen LogP contribution in [0.5, 0.6) is 0 Å². The lowest BCUT2D eigenvalue weighted by molar-refractivity contribution is 0.599. The summed E-state index contributed by atoms with van der Waals surface area (Å²) in [5.74, 6) is 0. The molecule has 4 heteroatoms. The van der Waals surface area contributed by atoms with Crippen molar-refractivity contribution in [3.05, 3.63) is 27.6 Å². The van der Waals surface area contributed by atoms with E-state index in [1.807, 2.05) is 0 Å². The van der Waals surface area contributed by atoms with Crippen LogP contribution in [-0.4, -0.2) is 9.78 Å². The molecule has 0 unspecified atom stereocenters. The fourth-order valence-corrected chi connectivity index (χ4v) is 1.13. The zero-order valence-electron chi connectivity index (χ0n) is 5.83. The Labute approximate surface area is 68.6 Å². The molecule has 0 amide bonds. The molecule has 11 heavy (non-hydrogen) atoms. The molecule has 0 radical (unpaired) electrons. The zero-order valence-corrected chi connectivity index (χ0v) is 6.58. The van der Waals surface area contributed by atoms with E-state index in [1.165, 1.54) is 10.7 Å². The molecular weight excluding hydrogens is 164 g/mol. The van der Waals surface area contributed by atoms with Gasteiger partial charge in [-0.25, -0.2) is 4.68 Å². The predicted molar refractivity (Wildman–Crippen MR) is 41.8 cm³/mol. The number of halogens is 1. The molecule has 0 aromatic carbocycles. The van der Waals surface area contributed by atoms with Crippen molar-refractivity contribution in [3.8, 4) is 0 Å². The van der Waals surface area contributed by atoms with Gasteiger partial charge in [-0.2, -0.15) is 5.10 Å². The van der Waals surface area contributed by atoms with Crippen LogP contribution >= 0.6 is 11.6 Å². The van der Waals surface area contributed by atoms with Crippen molar-refractivity contribution >= 4 is 11.6 Å². The highest BCUT2D eigenvalue weighted by molar-refractivity contribution is 6.30. The summed E-state index contributed by atoms with van der Waals surface area (Å²) >= 11 is 5.61. The Kier molecular flexibility index (Phi) is 1.46. The smallest absolute Gasteiger partial charge is 0.266 e. The Balaban J connectivity index is 2.54. The minimum Gasteiger partial charge on any atom is -0.266 e. The fraction of sp³-hybridized carbons (Fsp3) is 0.429. The van der Waals surface area contributed by atoms with Crippen molar-refractivity contribution in [1.82, 2.24) is 9.78 Å². The molecule has 1 aromatic rings. The lowest BCUT2D eigenvalue weighted by Gasteiger charge is -1.99. The molecule has 1 aliphatic rings. The first-order valence-corrected chi connectivity index (χ1v) is 3.90. The van der Waals surface area contributed by atoms with E-state index in [1.54, 1.807) is 6.20 Å². The maximum atomic E-state index is 11.2. The molecule has 58 valence electrons. The van der Waals surface area contributed by atoms with Crippen LogP contribution in [0, 0.1) is 0 Å². The Morgan fingerprint density at radius 3 is 3.00 bits per heavy atom. The van der Waals surface area contributed by atoms with E-state index in [4.69, 9.17) is 11.6 Å². The third-order valence-electron chi connectivity index (χ3n) is 1.72.